The van der Waals surface area contributed by atoms with Crippen LogP contribution in [0.5, 0.6) is 5.75 Å². The SMILES string of the molecule is Cc1c(Br)ccc(OCC(C)[Si](C(C)C)C(C)C)c1Cl. The molecule has 1 radical (unpaired) electrons. The Labute approximate surface area is 138 Å². The number of benzene rings is 1. The van der Waals surface area contributed by atoms with Crippen LogP contribution in [0.1, 0.15) is 40.2 Å². The summed E-state index contributed by atoms with van der Waals surface area (Å²) in [6, 6.07) is 3.95. The van der Waals surface area contributed by atoms with Gasteiger partial charge in [-0.1, -0.05) is 73.2 Å². The molecule has 0 amide bonds. The smallest absolute Gasteiger partial charge is 0.138 e. The molecule has 0 aliphatic heterocycles. The van der Waals surface area contributed by atoms with Gasteiger partial charge in [0.05, 0.1) is 20.4 Å². The molecule has 1 nitrogen and oxygen atoms in total. The fourth-order valence-electron chi connectivity index (χ4n) is 2.86. The van der Waals surface area contributed by atoms with Crippen molar-refractivity contribution >= 4 is 36.3 Å². The van der Waals surface area contributed by atoms with Crippen LogP contribution in [-0.4, -0.2) is 15.4 Å². The van der Waals surface area contributed by atoms with Gasteiger partial charge in [-0.25, -0.2) is 0 Å². The van der Waals surface area contributed by atoms with Crippen LogP contribution in [0, 0.1) is 6.92 Å². The highest BCUT2D eigenvalue weighted by molar-refractivity contribution is 9.10. The van der Waals surface area contributed by atoms with Crippen molar-refractivity contribution < 1.29 is 4.74 Å². The molecular formula is C16H25BrClOSi. The van der Waals surface area contributed by atoms with Gasteiger partial charge in [-0.05, 0) is 30.2 Å². The minimum Gasteiger partial charge on any atom is -0.492 e. The Balaban J connectivity index is 2.74. The lowest BCUT2D eigenvalue weighted by Crippen LogP contribution is -2.29. The van der Waals surface area contributed by atoms with Gasteiger partial charge in [-0.15, -0.1) is 0 Å². The average Bonchev–Trinajstić information content (AvgIpc) is 2.34. The highest BCUT2D eigenvalue weighted by atomic mass is 79.9. The number of rotatable bonds is 6. The van der Waals surface area contributed by atoms with E-state index in [4.69, 9.17) is 16.3 Å². The number of hydrogen-bond donors (Lipinski definition) is 0. The zero-order chi connectivity index (χ0) is 15.4. The highest BCUT2D eigenvalue weighted by Crippen LogP contribution is 2.35. The largest absolute Gasteiger partial charge is 0.492 e. The van der Waals surface area contributed by atoms with Crippen LogP contribution in [0.4, 0.5) is 0 Å². The second kappa shape index (κ2) is 7.86. The van der Waals surface area contributed by atoms with Gasteiger partial charge in [0.15, 0.2) is 0 Å². The Morgan fingerprint density at radius 2 is 1.70 bits per heavy atom. The highest BCUT2D eigenvalue weighted by Gasteiger charge is 2.26. The first-order chi connectivity index (χ1) is 9.25. The van der Waals surface area contributed by atoms with Gasteiger partial charge in [-0.3, -0.25) is 0 Å². The average molecular weight is 377 g/mol. The molecular weight excluding hydrogens is 352 g/mol. The normalized spacial score (nSPS) is 13.3. The van der Waals surface area contributed by atoms with Crippen LogP contribution in [-0.2, 0) is 0 Å². The minimum absolute atomic E-state index is 0.434. The first kappa shape index (κ1) is 18.1. The van der Waals surface area contributed by atoms with Crippen molar-refractivity contribution in [3.05, 3.63) is 27.2 Å². The lowest BCUT2D eigenvalue weighted by Gasteiger charge is -2.29. The summed E-state index contributed by atoms with van der Waals surface area (Å²) in [4.78, 5) is 0. The lowest BCUT2D eigenvalue weighted by molar-refractivity contribution is 0.314. The first-order valence-corrected chi connectivity index (χ1v) is 10.1. The zero-order valence-corrected chi connectivity index (χ0v) is 16.6. The molecule has 20 heavy (non-hydrogen) atoms. The standard InChI is InChI=1S/C16H25BrClOSi/c1-10(2)20(11(3)4)12(5)9-19-15-8-7-14(17)13(6)16(15)18/h7-8,10-12H,9H2,1-6H3. The van der Waals surface area contributed by atoms with Crippen LogP contribution in [0.25, 0.3) is 0 Å². The maximum Gasteiger partial charge on any atom is 0.138 e. The van der Waals surface area contributed by atoms with E-state index in [1.807, 2.05) is 19.1 Å². The van der Waals surface area contributed by atoms with Gasteiger partial charge < -0.3 is 4.74 Å². The molecule has 4 heteroatoms. The van der Waals surface area contributed by atoms with E-state index in [0.29, 0.717) is 5.54 Å². The zero-order valence-electron chi connectivity index (χ0n) is 13.3. The van der Waals surface area contributed by atoms with Crippen molar-refractivity contribution in [3.63, 3.8) is 0 Å². The number of ether oxygens (including phenoxy) is 1. The predicted octanol–water partition coefficient (Wildman–Crippen LogP) is 6.49. The molecule has 0 aliphatic rings. The molecule has 0 fully saturated rings. The second-order valence-corrected chi connectivity index (χ2v) is 11.5. The molecule has 1 rings (SSSR count). The summed E-state index contributed by atoms with van der Waals surface area (Å²) < 4.78 is 7.01. The third-order valence-electron chi connectivity index (χ3n) is 3.68. The van der Waals surface area contributed by atoms with E-state index in [2.05, 4.69) is 50.5 Å². The van der Waals surface area contributed by atoms with Crippen LogP contribution in [0.2, 0.25) is 21.6 Å². The van der Waals surface area contributed by atoms with E-state index in [9.17, 15) is 0 Å². The third-order valence-corrected chi connectivity index (χ3v) is 8.98. The van der Waals surface area contributed by atoms with Gasteiger partial charge in [0.25, 0.3) is 0 Å². The number of hydrogen-bond acceptors (Lipinski definition) is 1. The molecule has 0 aliphatic carbocycles. The quantitative estimate of drug-likeness (QED) is 0.515. The second-order valence-electron chi connectivity index (χ2n) is 6.01. The van der Waals surface area contributed by atoms with Crippen molar-refractivity contribution in [1.29, 1.82) is 0 Å². The molecule has 0 N–H and O–H groups in total. The monoisotopic (exact) mass is 375 g/mol. The van der Waals surface area contributed by atoms with Crippen molar-refractivity contribution in [3.8, 4) is 5.75 Å². The maximum atomic E-state index is 6.34. The molecule has 0 saturated carbocycles. The molecule has 1 atom stereocenters. The fourth-order valence-corrected chi connectivity index (χ4v) is 7.41. The Morgan fingerprint density at radius 1 is 1.15 bits per heavy atom. The van der Waals surface area contributed by atoms with Crippen molar-refractivity contribution in [2.45, 2.75) is 58.2 Å². The predicted molar refractivity (Wildman–Crippen MR) is 94.8 cm³/mol. The molecule has 1 aromatic carbocycles. The molecule has 0 saturated heterocycles. The molecule has 0 spiro atoms. The Kier molecular flexibility index (Phi) is 7.09. The Hall–Kier alpha value is 0.00688. The summed E-state index contributed by atoms with van der Waals surface area (Å²) in [6.07, 6.45) is 0. The van der Waals surface area contributed by atoms with E-state index >= 15 is 0 Å². The Bertz CT molecular complexity index is 440. The molecule has 1 unspecified atom stereocenters. The first-order valence-electron chi connectivity index (χ1n) is 7.19. The van der Waals surface area contributed by atoms with E-state index in [-0.39, 0.29) is 0 Å². The van der Waals surface area contributed by atoms with Crippen molar-refractivity contribution in [2.75, 3.05) is 6.61 Å². The summed E-state index contributed by atoms with van der Waals surface area (Å²) in [5.74, 6) is 0.799. The molecule has 0 heterocycles. The topological polar surface area (TPSA) is 9.23 Å². The molecule has 0 bridgehead atoms. The van der Waals surface area contributed by atoms with E-state index in [1.54, 1.807) is 0 Å². The van der Waals surface area contributed by atoms with Gasteiger partial charge in [0.1, 0.15) is 5.75 Å². The van der Waals surface area contributed by atoms with Crippen LogP contribution in [0.15, 0.2) is 16.6 Å². The number of halogens is 2. The Morgan fingerprint density at radius 3 is 2.20 bits per heavy atom. The fraction of sp³-hybridized carbons (Fsp3) is 0.625. The molecule has 113 valence electrons. The van der Waals surface area contributed by atoms with Gasteiger partial charge >= 0.3 is 0 Å². The van der Waals surface area contributed by atoms with Crippen molar-refractivity contribution in [2.24, 2.45) is 0 Å². The van der Waals surface area contributed by atoms with Gasteiger partial charge in [-0.2, -0.15) is 0 Å². The summed E-state index contributed by atoms with van der Waals surface area (Å²) in [5.41, 5.74) is 3.18. The minimum atomic E-state index is -0.434. The van der Waals surface area contributed by atoms with Crippen LogP contribution < -0.4 is 4.74 Å². The van der Waals surface area contributed by atoms with Crippen LogP contribution >= 0.6 is 27.5 Å². The maximum absolute atomic E-state index is 6.34. The van der Waals surface area contributed by atoms with Crippen LogP contribution in [0.3, 0.4) is 0 Å². The lowest BCUT2D eigenvalue weighted by atomic mass is 10.2. The van der Waals surface area contributed by atoms with E-state index in [0.717, 1.165) is 38.5 Å². The summed E-state index contributed by atoms with van der Waals surface area (Å²) in [7, 11) is -0.434. The van der Waals surface area contributed by atoms with E-state index in [1.165, 1.54) is 0 Å². The third kappa shape index (κ3) is 4.50. The summed E-state index contributed by atoms with van der Waals surface area (Å²) in [6.45, 7) is 14.4. The van der Waals surface area contributed by atoms with Crippen molar-refractivity contribution in [1.82, 2.24) is 0 Å². The summed E-state index contributed by atoms with van der Waals surface area (Å²) in [5, 5.41) is 0.717. The van der Waals surface area contributed by atoms with E-state index < -0.39 is 8.80 Å². The van der Waals surface area contributed by atoms with Gasteiger partial charge in [0, 0.05) is 4.47 Å². The van der Waals surface area contributed by atoms with Gasteiger partial charge in [0.2, 0.25) is 0 Å². The molecule has 0 aromatic heterocycles. The summed E-state index contributed by atoms with van der Waals surface area (Å²) >= 11 is 9.83. The molecule has 1 aromatic rings.